The number of allylic oxidation sites excluding steroid dienone is 2. The second-order valence-electron chi connectivity index (χ2n) is 6.93. The van der Waals surface area contributed by atoms with Gasteiger partial charge in [-0.1, -0.05) is 56.3 Å². The van der Waals surface area contributed by atoms with Crippen molar-refractivity contribution in [2.24, 2.45) is 5.41 Å². The van der Waals surface area contributed by atoms with Crippen molar-refractivity contribution < 1.29 is 0 Å². The maximum Gasteiger partial charge on any atom is -0.00106 e. The van der Waals surface area contributed by atoms with E-state index in [1.807, 2.05) is 0 Å². The second-order valence-corrected chi connectivity index (χ2v) is 6.93. The van der Waals surface area contributed by atoms with Crippen molar-refractivity contribution in [1.29, 1.82) is 0 Å². The Bertz CT molecular complexity index is 745. The lowest BCUT2D eigenvalue weighted by Crippen LogP contribution is -2.18. The van der Waals surface area contributed by atoms with Gasteiger partial charge < -0.3 is 0 Å². The molecule has 0 atom stereocenters. The van der Waals surface area contributed by atoms with E-state index in [0.717, 1.165) is 6.42 Å². The summed E-state index contributed by atoms with van der Waals surface area (Å²) in [5, 5.41) is 0. The molecule has 0 N–H and O–H groups in total. The molecule has 0 saturated carbocycles. The van der Waals surface area contributed by atoms with Crippen molar-refractivity contribution in [2.75, 3.05) is 0 Å². The minimum Gasteiger partial charge on any atom is -0.0747 e. The summed E-state index contributed by atoms with van der Waals surface area (Å²) in [5.74, 6) is 0. The van der Waals surface area contributed by atoms with Gasteiger partial charge in [0.25, 0.3) is 0 Å². The van der Waals surface area contributed by atoms with Crippen LogP contribution in [0.15, 0.2) is 42.5 Å². The van der Waals surface area contributed by atoms with E-state index in [0.29, 0.717) is 5.41 Å². The number of benzene rings is 2. The van der Waals surface area contributed by atoms with Crippen LogP contribution in [0.5, 0.6) is 0 Å². The first-order chi connectivity index (χ1) is 9.55. The monoisotopic (exact) mass is 260 g/mol. The minimum atomic E-state index is 0.393. The summed E-state index contributed by atoms with van der Waals surface area (Å²) in [6.45, 7) is 6.93. The van der Waals surface area contributed by atoms with Crippen LogP contribution in [0.4, 0.5) is 0 Å². The lowest BCUT2D eigenvalue weighted by Gasteiger charge is -2.34. The highest BCUT2D eigenvalue weighted by atomic mass is 14.3. The topological polar surface area (TPSA) is 0 Å². The van der Waals surface area contributed by atoms with E-state index in [-0.39, 0.29) is 0 Å². The molecule has 0 radical (unpaired) electrons. The van der Waals surface area contributed by atoms with Crippen LogP contribution in [0.25, 0.3) is 16.7 Å². The smallest absolute Gasteiger partial charge is 0.00106 e. The molecule has 0 fully saturated rings. The van der Waals surface area contributed by atoms with Gasteiger partial charge >= 0.3 is 0 Å². The summed E-state index contributed by atoms with van der Waals surface area (Å²) < 4.78 is 0. The lowest BCUT2D eigenvalue weighted by atomic mass is 9.71. The van der Waals surface area contributed by atoms with Crippen molar-refractivity contribution in [3.05, 3.63) is 64.7 Å². The molecule has 0 bridgehead atoms. The fourth-order valence-electron chi connectivity index (χ4n) is 3.82. The summed E-state index contributed by atoms with van der Waals surface area (Å²) in [6, 6.07) is 13.5. The van der Waals surface area contributed by atoms with Crippen molar-refractivity contribution in [1.82, 2.24) is 0 Å². The van der Waals surface area contributed by atoms with E-state index < -0.39 is 0 Å². The number of rotatable bonds is 1. The van der Waals surface area contributed by atoms with E-state index in [4.69, 9.17) is 0 Å². The standard InChI is InChI=1S/C20H20/c1-13-16(15-11-20(2,3)12-15)8-9-18-17-7-5-4-6-14(17)10-19(13)18/h4-9,11H,10,12H2,1-3H3. The molecule has 0 heterocycles. The quantitative estimate of drug-likeness (QED) is 0.551. The third kappa shape index (κ3) is 1.61. The molecular weight excluding hydrogens is 240 g/mol. The molecule has 0 unspecified atom stereocenters. The molecule has 2 aromatic rings. The molecule has 0 amide bonds. The van der Waals surface area contributed by atoms with Crippen LogP contribution in [0.1, 0.15) is 42.5 Å². The predicted octanol–water partition coefficient (Wildman–Crippen LogP) is 5.38. The Hall–Kier alpha value is -1.82. The molecule has 0 saturated heterocycles. The van der Waals surface area contributed by atoms with E-state index >= 15 is 0 Å². The molecule has 2 aliphatic rings. The van der Waals surface area contributed by atoms with E-state index in [1.165, 1.54) is 45.4 Å². The molecule has 0 nitrogen and oxygen atoms in total. The molecular formula is C20H20. The minimum absolute atomic E-state index is 0.393. The van der Waals surface area contributed by atoms with Crippen LogP contribution in [0.2, 0.25) is 0 Å². The summed E-state index contributed by atoms with van der Waals surface area (Å²) >= 11 is 0. The highest BCUT2D eigenvalue weighted by Crippen LogP contribution is 2.47. The van der Waals surface area contributed by atoms with Gasteiger partial charge in [0.15, 0.2) is 0 Å². The summed E-state index contributed by atoms with van der Waals surface area (Å²) in [5.41, 5.74) is 10.8. The van der Waals surface area contributed by atoms with E-state index in [1.54, 1.807) is 0 Å². The van der Waals surface area contributed by atoms with Gasteiger partial charge in [0.05, 0.1) is 0 Å². The highest BCUT2D eigenvalue weighted by Gasteiger charge is 2.29. The van der Waals surface area contributed by atoms with Crippen LogP contribution < -0.4 is 0 Å². The fraction of sp³-hybridized carbons (Fsp3) is 0.300. The van der Waals surface area contributed by atoms with E-state index in [9.17, 15) is 0 Å². The Morgan fingerprint density at radius 1 is 0.900 bits per heavy atom. The zero-order valence-electron chi connectivity index (χ0n) is 12.5. The molecule has 0 spiro atoms. The van der Waals surface area contributed by atoms with Crippen molar-refractivity contribution in [3.8, 4) is 11.1 Å². The van der Waals surface area contributed by atoms with Crippen LogP contribution in [-0.2, 0) is 6.42 Å². The first-order valence-corrected chi connectivity index (χ1v) is 7.48. The molecule has 0 heteroatoms. The number of hydrogen-bond donors (Lipinski definition) is 0. The van der Waals surface area contributed by atoms with Gasteiger partial charge in [0.2, 0.25) is 0 Å². The average Bonchev–Trinajstić information content (AvgIpc) is 2.76. The summed E-state index contributed by atoms with van der Waals surface area (Å²) in [6.07, 6.45) is 4.74. The lowest BCUT2D eigenvalue weighted by molar-refractivity contribution is 0.457. The van der Waals surface area contributed by atoms with Gasteiger partial charge in [0, 0.05) is 0 Å². The zero-order chi connectivity index (χ0) is 13.9. The molecule has 20 heavy (non-hydrogen) atoms. The highest BCUT2D eigenvalue weighted by molar-refractivity contribution is 5.83. The van der Waals surface area contributed by atoms with Crippen LogP contribution in [-0.4, -0.2) is 0 Å². The second kappa shape index (κ2) is 3.85. The van der Waals surface area contributed by atoms with Crippen molar-refractivity contribution >= 4 is 5.57 Å². The SMILES string of the molecule is Cc1c(C2=CC(C)(C)C2)ccc2c1Cc1ccccc1-2. The van der Waals surface area contributed by atoms with Gasteiger partial charge in [0.1, 0.15) is 0 Å². The zero-order valence-corrected chi connectivity index (χ0v) is 12.5. The average molecular weight is 260 g/mol. The molecule has 0 aliphatic heterocycles. The maximum absolute atomic E-state index is 2.43. The number of hydrogen-bond acceptors (Lipinski definition) is 0. The molecule has 2 aliphatic carbocycles. The molecule has 2 aromatic carbocycles. The van der Waals surface area contributed by atoms with Crippen molar-refractivity contribution in [3.63, 3.8) is 0 Å². The predicted molar refractivity (Wildman–Crippen MR) is 85.8 cm³/mol. The molecule has 0 aromatic heterocycles. The fourth-order valence-corrected chi connectivity index (χ4v) is 3.82. The van der Waals surface area contributed by atoms with Crippen LogP contribution in [0.3, 0.4) is 0 Å². The molecule has 4 rings (SSSR count). The van der Waals surface area contributed by atoms with Gasteiger partial charge in [-0.05, 0) is 64.1 Å². The Morgan fingerprint density at radius 2 is 1.60 bits per heavy atom. The third-order valence-corrected chi connectivity index (χ3v) is 4.83. The normalized spacial score (nSPS) is 18.1. The van der Waals surface area contributed by atoms with Gasteiger partial charge in [-0.15, -0.1) is 0 Å². The van der Waals surface area contributed by atoms with Gasteiger partial charge in [-0.2, -0.15) is 0 Å². The van der Waals surface area contributed by atoms with Crippen LogP contribution >= 0.6 is 0 Å². The van der Waals surface area contributed by atoms with Gasteiger partial charge in [-0.3, -0.25) is 0 Å². The van der Waals surface area contributed by atoms with Crippen molar-refractivity contribution in [2.45, 2.75) is 33.6 Å². The Kier molecular flexibility index (Phi) is 2.30. The molecule has 100 valence electrons. The first kappa shape index (κ1) is 12.0. The summed E-state index contributed by atoms with van der Waals surface area (Å²) in [7, 11) is 0. The maximum atomic E-state index is 2.43. The summed E-state index contributed by atoms with van der Waals surface area (Å²) in [4.78, 5) is 0. The van der Waals surface area contributed by atoms with Gasteiger partial charge in [-0.25, -0.2) is 0 Å². The number of fused-ring (bicyclic) bond motifs is 3. The van der Waals surface area contributed by atoms with Crippen LogP contribution in [0, 0.1) is 12.3 Å². The van der Waals surface area contributed by atoms with E-state index in [2.05, 4.69) is 63.2 Å². The Labute approximate surface area is 121 Å². The Balaban J connectivity index is 1.84. The third-order valence-electron chi connectivity index (χ3n) is 4.83. The first-order valence-electron chi connectivity index (χ1n) is 7.48. The largest absolute Gasteiger partial charge is 0.0747 e. The Morgan fingerprint density at radius 3 is 2.35 bits per heavy atom.